The molecule has 3 aromatic rings. The topological polar surface area (TPSA) is 111 Å². The molecule has 4 heterocycles. The summed E-state index contributed by atoms with van der Waals surface area (Å²) in [5, 5.41) is 11.0. The molecule has 1 aromatic carbocycles. The molecule has 9 nitrogen and oxygen atoms in total. The molecule has 164 valence electrons. The van der Waals surface area contributed by atoms with Crippen LogP contribution in [-0.4, -0.2) is 51.8 Å². The SMILES string of the molecule is NC1(c2ccc(-c3ccc(N4C[C@H](Cn5ccnn5)OC4=O)cc3F)cn2)[C@@H]2CNC[C@@H]21. The summed E-state index contributed by atoms with van der Waals surface area (Å²) in [5.74, 6) is 0.412. The lowest BCUT2D eigenvalue weighted by atomic mass is 10.0. The first-order valence-electron chi connectivity index (χ1n) is 10.6. The molecule has 32 heavy (non-hydrogen) atoms. The second-order valence-electron chi connectivity index (χ2n) is 8.64. The monoisotopic (exact) mass is 435 g/mol. The molecular formula is C22H22FN7O2. The van der Waals surface area contributed by atoms with Crippen molar-refractivity contribution >= 4 is 11.8 Å². The molecule has 3 fully saturated rings. The zero-order chi connectivity index (χ0) is 21.9. The Hall–Kier alpha value is -3.37. The number of fused-ring (bicyclic) bond motifs is 1. The number of cyclic esters (lactones) is 1. The lowest BCUT2D eigenvalue weighted by Gasteiger charge is -2.16. The van der Waals surface area contributed by atoms with Crippen molar-refractivity contribution in [2.24, 2.45) is 17.6 Å². The molecule has 4 atom stereocenters. The maximum Gasteiger partial charge on any atom is 0.414 e. The van der Waals surface area contributed by atoms with E-state index in [0.29, 0.717) is 41.7 Å². The molecule has 1 unspecified atom stereocenters. The minimum Gasteiger partial charge on any atom is -0.442 e. The number of hydrogen-bond acceptors (Lipinski definition) is 7. The van der Waals surface area contributed by atoms with Gasteiger partial charge in [0.2, 0.25) is 0 Å². The number of halogens is 1. The van der Waals surface area contributed by atoms with Crippen LogP contribution in [-0.2, 0) is 16.8 Å². The van der Waals surface area contributed by atoms with Crippen LogP contribution in [0.15, 0.2) is 48.9 Å². The minimum atomic E-state index is -0.508. The van der Waals surface area contributed by atoms with Gasteiger partial charge in [-0.25, -0.2) is 13.9 Å². The predicted octanol–water partition coefficient (Wildman–Crippen LogP) is 1.51. The first-order chi connectivity index (χ1) is 15.5. The van der Waals surface area contributed by atoms with Gasteiger partial charge in [-0.3, -0.25) is 9.88 Å². The highest BCUT2D eigenvalue weighted by Gasteiger charge is 2.65. The van der Waals surface area contributed by atoms with Gasteiger partial charge in [0, 0.05) is 48.4 Å². The van der Waals surface area contributed by atoms with Crippen molar-refractivity contribution in [1.82, 2.24) is 25.3 Å². The minimum absolute atomic E-state index is 0.309. The summed E-state index contributed by atoms with van der Waals surface area (Å²) in [5.41, 5.74) is 8.57. The Kier molecular flexibility index (Phi) is 4.27. The number of carbonyl (C=O) groups excluding carboxylic acids is 1. The van der Waals surface area contributed by atoms with Crippen LogP contribution in [0.2, 0.25) is 0 Å². The van der Waals surface area contributed by atoms with Gasteiger partial charge in [0.1, 0.15) is 11.9 Å². The van der Waals surface area contributed by atoms with Gasteiger partial charge in [0.15, 0.2) is 0 Å². The van der Waals surface area contributed by atoms with Crippen LogP contribution in [0.4, 0.5) is 14.9 Å². The molecule has 2 aliphatic heterocycles. The number of pyridine rings is 1. The van der Waals surface area contributed by atoms with Crippen LogP contribution < -0.4 is 16.0 Å². The Bertz CT molecular complexity index is 1160. The fourth-order valence-electron chi connectivity index (χ4n) is 5.04. The molecule has 2 saturated heterocycles. The Morgan fingerprint density at radius 3 is 2.78 bits per heavy atom. The van der Waals surface area contributed by atoms with Gasteiger partial charge < -0.3 is 15.8 Å². The largest absolute Gasteiger partial charge is 0.442 e. The third kappa shape index (κ3) is 2.98. The number of ether oxygens (including phenoxy) is 1. The summed E-state index contributed by atoms with van der Waals surface area (Å²) in [4.78, 5) is 18.3. The zero-order valence-corrected chi connectivity index (χ0v) is 17.2. The van der Waals surface area contributed by atoms with E-state index in [4.69, 9.17) is 10.5 Å². The number of nitrogens with zero attached hydrogens (tertiary/aromatic N) is 5. The molecule has 0 bridgehead atoms. The van der Waals surface area contributed by atoms with Crippen molar-refractivity contribution in [3.05, 3.63) is 60.4 Å². The highest BCUT2D eigenvalue weighted by atomic mass is 19.1. The fourth-order valence-corrected chi connectivity index (χ4v) is 5.04. The van der Waals surface area contributed by atoms with E-state index in [0.717, 1.165) is 18.8 Å². The van der Waals surface area contributed by atoms with E-state index in [1.807, 2.05) is 12.1 Å². The third-order valence-corrected chi connectivity index (χ3v) is 6.85. The number of piperidine rings is 1. The maximum absolute atomic E-state index is 15.0. The average molecular weight is 435 g/mol. The number of benzene rings is 1. The molecule has 3 aliphatic rings. The smallest absolute Gasteiger partial charge is 0.414 e. The Morgan fingerprint density at radius 2 is 2.09 bits per heavy atom. The Labute approximate surface area is 183 Å². The molecule has 0 radical (unpaired) electrons. The van der Waals surface area contributed by atoms with Crippen molar-refractivity contribution in [2.75, 3.05) is 24.5 Å². The molecule has 6 rings (SSSR count). The van der Waals surface area contributed by atoms with Crippen LogP contribution in [0.5, 0.6) is 0 Å². The summed E-state index contributed by atoms with van der Waals surface area (Å²) in [7, 11) is 0. The Balaban J connectivity index is 1.19. The first-order valence-corrected chi connectivity index (χ1v) is 10.6. The molecule has 0 spiro atoms. The molecule has 1 saturated carbocycles. The van der Waals surface area contributed by atoms with E-state index in [-0.39, 0.29) is 11.6 Å². The number of rotatable bonds is 5. The van der Waals surface area contributed by atoms with Crippen molar-refractivity contribution in [3.63, 3.8) is 0 Å². The quantitative estimate of drug-likeness (QED) is 0.625. The summed E-state index contributed by atoms with van der Waals surface area (Å²) in [6.07, 6.45) is 4.03. The summed E-state index contributed by atoms with van der Waals surface area (Å²) < 4.78 is 22.0. The van der Waals surface area contributed by atoms with Crippen LogP contribution in [0.1, 0.15) is 5.69 Å². The number of anilines is 1. The van der Waals surface area contributed by atoms with E-state index in [1.54, 1.807) is 35.4 Å². The van der Waals surface area contributed by atoms with E-state index >= 15 is 0 Å². The first kappa shape index (κ1) is 19.3. The zero-order valence-electron chi connectivity index (χ0n) is 17.2. The van der Waals surface area contributed by atoms with Crippen LogP contribution >= 0.6 is 0 Å². The summed E-state index contributed by atoms with van der Waals surface area (Å²) in [6, 6.07) is 8.48. The van der Waals surface area contributed by atoms with Gasteiger partial charge in [-0.05, 0) is 24.3 Å². The van der Waals surface area contributed by atoms with E-state index in [9.17, 15) is 9.18 Å². The van der Waals surface area contributed by atoms with Crippen molar-refractivity contribution in [1.29, 1.82) is 0 Å². The van der Waals surface area contributed by atoms with Gasteiger partial charge in [0.25, 0.3) is 0 Å². The molecule has 2 aromatic heterocycles. The van der Waals surface area contributed by atoms with Gasteiger partial charge >= 0.3 is 6.09 Å². The summed E-state index contributed by atoms with van der Waals surface area (Å²) >= 11 is 0. The van der Waals surface area contributed by atoms with E-state index in [1.165, 1.54) is 11.0 Å². The van der Waals surface area contributed by atoms with Gasteiger partial charge in [0.05, 0.1) is 36.2 Å². The van der Waals surface area contributed by atoms with Crippen molar-refractivity contribution in [3.8, 4) is 11.1 Å². The number of nitrogens with two attached hydrogens (primary N) is 1. The highest BCUT2D eigenvalue weighted by molar-refractivity contribution is 5.90. The van der Waals surface area contributed by atoms with Crippen molar-refractivity contribution in [2.45, 2.75) is 18.2 Å². The van der Waals surface area contributed by atoms with Gasteiger partial charge in [-0.15, -0.1) is 5.10 Å². The molecular weight excluding hydrogens is 413 g/mol. The normalized spacial score (nSPS) is 28.6. The number of amides is 1. The second kappa shape index (κ2) is 7.07. The molecule has 10 heteroatoms. The van der Waals surface area contributed by atoms with E-state index < -0.39 is 11.9 Å². The molecule has 1 aliphatic carbocycles. The third-order valence-electron chi connectivity index (χ3n) is 6.85. The summed E-state index contributed by atoms with van der Waals surface area (Å²) in [6.45, 7) is 2.53. The number of carbonyl (C=O) groups is 1. The fraction of sp³-hybridized carbons (Fsp3) is 0.364. The number of aromatic nitrogens is 4. The average Bonchev–Trinajstić information content (AvgIpc) is 3.36. The highest BCUT2D eigenvalue weighted by Crippen LogP contribution is 2.57. The lowest BCUT2D eigenvalue weighted by Crippen LogP contribution is -2.33. The second-order valence-corrected chi connectivity index (χ2v) is 8.64. The van der Waals surface area contributed by atoms with Crippen LogP contribution in [0.3, 0.4) is 0 Å². The van der Waals surface area contributed by atoms with E-state index in [2.05, 4.69) is 20.6 Å². The number of nitrogens with one attached hydrogen (secondary N) is 1. The van der Waals surface area contributed by atoms with Gasteiger partial charge in [-0.2, -0.15) is 0 Å². The Morgan fingerprint density at radius 1 is 1.25 bits per heavy atom. The molecule has 1 amide bonds. The van der Waals surface area contributed by atoms with Gasteiger partial charge in [-0.1, -0.05) is 11.3 Å². The predicted molar refractivity (Wildman–Crippen MR) is 113 cm³/mol. The lowest BCUT2D eigenvalue weighted by molar-refractivity contribution is 0.129. The van der Waals surface area contributed by atoms with Crippen LogP contribution in [0.25, 0.3) is 11.1 Å². The molecule has 3 N–H and O–H groups in total. The van der Waals surface area contributed by atoms with Crippen LogP contribution in [0, 0.1) is 17.7 Å². The maximum atomic E-state index is 15.0. The standard InChI is InChI=1S/C22H22FN7O2/c23-19-7-14(30-12-15(32-21(30)31)11-29-6-5-27-28-29)2-3-16(19)13-1-4-20(26-8-13)22(24)17-9-25-10-18(17)22/h1-8,15,17-18,25H,9-12,24H2/t15-,17-,18+,22?/m0/s1. The van der Waals surface area contributed by atoms with Crippen molar-refractivity contribution < 1.29 is 13.9 Å². The number of hydrogen-bond donors (Lipinski definition) is 2.